The van der Waals surface area contributed by atoms with Crippen LogP contribution in [0.3, 0.4) is 0 Å². The topological polar surface area (TPSA) is 38.1 Å². The van der Waals surface area contributed by atoms with Crippen molar-refractivity contribution in [2.75, 3.05) is 12.4 Å². The average Bonchev–Trinajstić information content (AvgIpc) is 2.69. The van der Waals surface area contributed by atoms with Crippen LogP contribution in [0.15, 0.2) is 33.2 Å². The first-order valence-electron chi connectivity index (χ1n) is 5.58. The van der Waals surface area contributed by atoms with Gasteiger partial charge >= 0.3 is 0 Å². The molecule has 0 saturated heterocycles. The second-order valence-corrected chi connectivity index (χ2v) is 4.72. The average molecular weight is 295 g/mol. The Morgan fingerprint density at radius 2 is 2.06 bits per heavy atom. The van der Waals surface area contributed by atoms with Gasteiger partial charge in [0.15, 0.2) is 0 Å². The Balaban J connectivity index is 2.07. The third-order valence-electron chi connectivity index (χ3n) is 2.70. The summed E-state index contributed by atoms with van der Waals surface area (Å²) in [6, 6.07) is 8.84. The predicted octanol–water partition coefficient (Wildman–Crippen LogP) is 3.57. The molecule has 3 nitrogen and oxygen atoms in total. The zero-order valence-electron chi connectivity index (χ0n) is 9.96. The Labute approximate surface area is 109 Å². The Kier molecular flexibility index (Phi) is 3.84. The molecule has 0 fully saturated rings. The second-order valence-electron chi connectivity index (χ2n) is 3.86. The summed E-state index contributed by atoms with van der Waals surface area (Å²) in [5, 5.41) is 2.91. The molecule has 90 valence electrons. The van der Waals surface area contributed by atoms with E-state index in [1.807, 2.05) is 20.0 Å². The van der Waals surface area contributed by atoms with E-state index in [0.717, 1.165) is 28.8 Å². The van der Waals surface area contributed by atoms with Gasteiger partial charge in [-0.15, -0.1) is 0 Å². The zero-order chi connectivity index (χ0) is 12.3. The van der Waals surface area contributed by atoms with Crippen LogP contribution in [-0.4, -0.2) is 12.0 Å². The van der Waals surface area contributed by atoms with Crippen molar-refractivity contribution in [3.8, 4) is 0 Å². The van der Waals surface area contributed by atoms with Crippen molar-refractivity contribution in [3.63, 3.8) is 0 Å². The molecule has 1 aromatic heterocycles. The minimum absolute atomic E-state index is 0.588. The van der Waals surface area contributed by atoms with Gasteiger partial charge in [-0.2, -0.15) is 4.98 Å². The largest absolute Gasteiger partial charge is 0.429 e. The third-order valence-corrected chi connectivity index (χ3v) is 3.47. The molecule has 0 bridgehead atoms. The van der Waals surface area contributed by atoms with Crippen LogP contribution < -0.4 is 5.32 Å². The molecule has 0 aliphatic rings. The lowest BCUT2D eigenvalue weighted by Crippen LogP contribution is -1.95. The fourth-order valence-corrected chi connectivity index (χ4v) is 2.20. The van der Waals surface area contributed by atoms with Gasteiger partial charge in [0.1, 0.15) is 5.76 Å². The van der Waals surface area contributed by atoms with Crippen molar-refractivity contribution < 1.29 is 4.42 Å². The van der Waals surface area contributed by atoms with Gasteiger partial charge in [0, 0.05) is 11.5 Å². The number of nitrogens with zero attached hydrogens (tertiary/aromatic N) is 1. The molecule has 0 aliphatic heterocycles. The van der Waals surface area contributed by atoms with E-state index in [-0.39, 0.29) is 0 Å². The number of benzene rings is 1. The molecule has 4 heteroatoms. The van der Waals surface area contributed by atoms with Crippen molar-refractivity contribution in [2.24, 2.45) is 0 Å². The van der Waals surface area contributed by atoms with Gasteiger partial charge in [0.2, 0.25) is 0 Å². The molecule has 0 aliphatic carbocycles. The molecule has 0 unspecified atom stereocenters. The number of rotatable bonds is 4. The highest BCUT2D eigenvalue weighted by molar-refractivity contribution is 9.10. The Bertz CT molecular complexity index is 508. The van der Waals surface area contributed by atoms with E-state index in [4.69, 9.17) is 4.42 Å². The van der Waals surface area contributed by atoms with Crippen LogP contribution in [0, 0.1) is 6.92 Å². The molecule has 1 aromatic carbocycles. The number of anilines is 1. The molecule has 2 rings (SSSR count). The lowest BCUT2D eigenvalue weighted by molar-refractivity contribution is 0.540. The summed E-state index contributed by atoms with van der Waals surface area (Å²) in [7, 11) is 1.81. The van der Waals surface area contributed by atoms with Gasteiger partial charge in [0.25, 0.3) is 6.01 Å². The number of hydrogen-bond donors (Lipinski definition) is 1. The maximum atomic E-state index is 5.45. The van der Waals surface area contributed by atoms with Gasteiger partial charge in [-0.3, -0.25) is 0 Å². The smallest absolute Gasteiger partial charge is 0.294 e. The van der Waals surface area contributed by atoms with Crippen molar-refractivity contribution in [1.29, 1.82) is 0 Å². The summed E-state index contributed by atoms with van der Waals surface area (Å²) in [6.07, 6.45) is 1.84. The number of nitrogens with one attached hydrogen (secondary N) is 1. The fraction of sp³-hybridized carbons (Fsp3) is 0.308. The molecule has 0 amide bonds. The minimum atomic E-state index is 0.588. The molecule has 17 heavy (non-hydrogen) atoms. The highest BCUT2D eigenvalue weighted by Crippen LogP contribution is 2.20. The second kappa shape index (κ2) is 5.36. The van der Waals surface area contributed by atoms with Crippen LogP contribution in [0.4, 0.5) is 6.01 Å². The van der Waals surface area contributed by atoms with E-state index in [1.165, 1.54) is 5.56 Å². The normalized spacial score (nSPS) is 10.5. The molecule has 0 radical (unpaired) electrons. The molecular formula is C13H15BrN2O. The Hall–Kier alpha value is -1.29. The van der Waals surface area contributed by atoms with Gasteiger partial charge in [-0.05, 0) is 31.4 Å². The lowest BCUT2D eigenvalue weighted by Gasteiger charge is -2.02. The van der Waals surface area contributed by atoms with Crippen molar-refractivity contribution in [1.82, 2.24) is 4.98 Å². The number of aryl methyl sites for hydroxylation is 3. The van der Waals surface area contributed by atoms with Crippen LogP contribution in [-0.2, 0) is 12.8 Å². The van der Waals surface area contributed by atoms with Crippen molar-refractivity contribution in [2.45, 2.75) is 19.8 Å². The first-order valence-corrected chi connectivity index (χ1v) is 6.37. The summed E-state index contributed by atoms with van der Waals surface area (Å²) >= 11 is 3.55. The van der Waals surface area contributed by atoms with Crippen molar-refractivity contribution >= 4 is 21.9 Å². The van der Waals surface area contributed by atoms with Crippen LogP contribution in [0.1, 0.15) is 17.0 Å². The van der Waals surface area contributed by atoms with E-state index in [1.54, 1.807) is 0 Å². The summed E-state index contributed by atoms with van der Waals surface area (Å²) in [5.74, 6) is 0.890. The number of oxazole rings is 1. The van der Waals surface area contributed by atoms with E-state index in [9.17, 15) is 0 Å². The predicted molar refractivity (Wildman–Crippen MR) is 72.3 cm³/mol. The minimum Gasteiger partial charge on any atom is -0.429 e. The zero-order valence-corrected chi connectivity index (χ0v) is 11.5. The molecular weight excluding hydrogens is 280 g/mol. The standard InChI is InChI=1S/C13H15BrN2O/c1-9-12(16-13(15-2)17-9)8-7-10-5-3-4-6-11(10)14/h3-6H,7-8H2,1-2H3,(H,15,16). The first-order chi connectivity index (χ1) is 8.20. The highest BCUT2D eigenvalue weighted by atomic mass is 79.9. The van der Waals surface area contributed by atoms with E-state index in [0.29, 0.717) is 6.01 Å². The van der Waals surface area contributed by atoms with Gasteiger partial charge in [-0.25, -0.2) is 0 Å². The van der Waals surface area contributed by atoms with E-state index >= 15 is 0 Å². The number of halogens is 1. The molecule has 0 atom stereocenters. The van der Waals surface area contributed by atoms with E-state index in [2.05, 4.69) is 44.4 Å². The first kappa shape index (κ1) is 12.2. The Morgan fingerprint density at radius 1 is 1.29 bits per heavy atom. The maximum absolute atomic E-state index is 5.45. The quantitative estimate of drug-likeness (QED) is 0.937. The number of aromatic nitrogens is 1. The van der Waals surface area contributed by atoms with Gasteiger partial charge in [0.05, 0.1) is 5.69 Å². The molecule has 0 spiro atoms. The SMILES string of the molecule is CNc1nc(CCc2ccccc2Br)c(C)o1. The van der Waals surface area contributed by atoms with Crippen LogP contribution >= 0.6 is 15.9 Å². The molecule has 2 aromatic rings. The lowest BCUT2D eigenvalue weighted by atomic mass is 10.1. The van der Waals surface area contributed by atoms with Gasteiger partial charge in [-0.1, -0.05) is 34.1 Å². The summed E-state index contributed by atoms with van der Waals surface area (Å²) in [6.45, 7) is 1.95. The van der Waals surface area contributed by atoms with Crippen molar-refractivity contribution in [3.05, 3.63) is 45.8 Å². The maximum Gasteiger partial charge on any atom is 0.294 e. The number of hydrogen-bond acceptors (Lipinski definition) is 3. The van der Waals surface area contributed by atoms with E-state index < -0.39 is 0 Å². The summed E-state index contributed by atoms with van der Waals surface area (Å²) < 4.78 is 6.60. The fourth-order valence-electron chi connectivity index (χ4n) is 1.72. The third kappa shape index (κ3) is 2.88. The summed E-state index contributed by atoms with van der Waals surface area (Å²) in [4.78, 5) is 4.38. The molecule has 0 saturated carbocycles. The molecule has 1 heterocycles. The van der Waals surface area contributed by atoms with Gasteiger partial charge < -0.3 is 9.73 Å². The summed E-state index contributed by atoms with van der Waals surface area (Å²) in [5.41, 5.74) is 2.31. The van der Waals surface area contributed by atoms with Crippen LogP contribution in [0.25, 0.3) is 0 Å². The van der Waals surface area contributed by atoms with Crippen LogP contribution in [0.5, 0.6) is 0 Å². The molecule has 1 N–H and O–H groups in total. The van der Waals surface area contributed by atoms with Crippen LogP contribution in [0.2, 0.25) is 0 Å². The Morgan fingerprint density at radius 3 is 2.71 bits per heavy atom. The monoisotopic (exact) mass is 294 g/mol. The highest BCUT2D eigenvalue weighted by Gasteiger charge is 2.09.